The third-order valence-corrected chi connectivity index (χ3v) is 2.41. The normalized spacial score (nSPS) is 10.9. The van der Waals surface area contributed by atoms with E-state index in [9.17, 15) is 4.79 Å². The van der Waals surface area contributed by atoms with Gasteiger partial charge in [0, 0.05) is 7.05 Å². The molecule has 0 fully saturated rings. The van der Waals surface area contributed by atoms with E-state index < -0.39 is 0 Å². The van der Waals surface area contributed by atoms with Gasteiger partial charge in [-0.2, -0.15) is 0 Å². The van der Waals surface area contributed by atoms with Crippen LogP contribution in [0.1, 0.15) is 0 Å². The lowest BCUT2D eigenvalue weighted by atomic mass is 10.3. The van der Waals surface area contributed by atoms with Gasteiger partial charge < -0.3 is 0 Å². The number of nitrogens with zero attached hydrogens (tertiary/aromatic N) is 2. The molecule has 0 amide bonds. The zero-order valence-corrected chi connectivity index (χ0v) is 7.95. The average Bonchev–Trinajstić information content (AvgIpc) is 2.41. The number of benzene rings is 1. The number of para-hydroxylation sites is 2. The molecule has 0 saturated heterocycles. The molecule has 0 atom stereocenters. The van der Waals surface area contributed by atoms with Crippen LogP contribution in [0.5, 0.6) is 0 Å². The fourth-order valence-electron chi connectivity index (χ4n) is 1.48. The third-order valence-electron chi connectivity index (χ3n) is 2.17. The fourth-order valence-corrected chi connectivity index (χ4v) is 1.71. The number of alkyl halides is 1. The first-order valence-electron chi connectivity index (χ1n) is 3.96. The van der Waals surface area contributed by atoms with Crippen molar-refractivity contribution in [2.45, 2.75) is 6.00 Å². The number of hydrogen-bond acceptors (Lipinski definition) is 1. The summed E-state index contributed by atoms with van der Waals surface area (Å²) in [7, 11) is 1.74. The van der Waals surface area contributed by atoms with Crippen LogP contribution in [0.15, 0.2) is 29.1 Å². The zero-order valence-electron chi connectivity index (χ0n) is 7.20. The molecule has 68 valence electrons. The Morgan fingerprint density at radius 3 is 2.54 bits per heavy atom. The average molecular weight is 197 g/mol. The predicted molar refractivity (Wildman–Crippen MR) is 53.0 cm³/mol. The number of halogens is 1. The molecule has 3 nitrogen and oxygen atoms in total. The van der Waals surface area contributed by atoms with Gasteiger partial charge in [-0.05, 0) is 12.1 Å². The zero-order chi connectivity index (χ0) is 9.42. The van der Waals surface area contributed by atoms with Crippen LogP contribution in [-0.2, 0) is 13.1 Å². The van der Waals surface area contributed by atoms with Gasteiger partial charge in [0.25, 0.3) is 0 Å². The molecule has 13 heavy (non-hydrogen) atoms. The first-order valence-corrected chi connectivity index (χ1v) is 4.49. The minimum atomic E-state index is -0.0730. The highest BCUT2D eigenvalue weighted by molar-refractivity contribution is 6.15. The Hall–Kier alpha value is -1.22. The van der Waals surface area contributed by atoms with E-state index in [1.807, 2.05) is 24.3 Å². The smallest absolute Gasteiger partial charge is 0.295 e. The summed E-state index contributed by atoms with van der Waals surface area (Å²) in [5.74, 6) is 0. The van der Waals surface area contributed by atoms with Crippen LogP contribution in [-0.4, -0.2) is 9.13 Å². The van der Waals surface area contributed by atoms with Crippen molar-refractivity contribution in [3.63, 3.8) is 0 Å². The number of fused-ring (bicyclic) bond motifs is 1. The van der Waals surface area contributed by atoms with Crippen molar-refractivity contribution < 1.29 is 0 Å². The van der Waals surface area contributed by atoms with E-state index >= 15 is 0 Å². The van der Waals surface area contributed by atoms with Gasteiger partial charge in [-0.1, -0.05) is 12.1 Å². The van der Waals surface area contributed by atoms with Crippen molar-refractivity contribution in [2.24, 2.45) is 7.05 Å². The monoisotopic (exact) mass is 196 g/mol. The lowest BCUT2D eigenvalue weighted by molar-refractivity contribution is 0.780. The quantitative estimate of drug-likeness (QED) is 0.636. The summed E-state index contributed by atoms with van der Waals surface area (Å²) in [6, 6.07) is 7.78. The summed E-state index contributed by atoms with van der Waals surface area (Å²) in [6.07, 6.45) is 0. The van der Waals surface area contributed by atoms with E-state index in [1.165, 1.54) is 4.57 Å². The van der Waals surface area contributed by atoms with Crippen molar-refractivity contribution in [1.82, 2.24) is 9.13 Å². The largest absolute Gasteiger partial charge is 0.329 e. The van der Waals surface area contributed by atoms with Gasteiger partial charge in [-0.25, -0.2) is 4.79 Å². The lowest BCUT2D eigenvalue weighted by Crippen LogP contribution is -2.20. The Kier molecular flexibility index (Phi) is 1.88. The van der Waals surface area contributed by atoms with Crippen LogP contribution >= 0.6 is 11.6 Å². The van der Waals surface area contributed by atoms with Crippen molar-refractivity contribution in [3.05, 3.63) is 34.7 Å². The molecule has 0 aliphatic heterocycles. The number of aromatic nitrogens is 2. The maximum Gasteiger partial charge on any atom is 0.329 e. The third kappa shape index (κ3) is 1.08. The summed E-state index contributed by atoms with van der Waals surface area (Å²) >= 11 is 5.67. The second-order valence-electron chi connectivity index (χ2n) is 2.88. The molecular weight excluding hydrogens is 188 g/mol. The first-order chi connectivity index (χ1) is 6.25. The second kappa shape index (κ2) is 2.92. The number of rotatable bonds is 1. The molecule has 0 aliphatic rings. The Morgan fingerprint density at radius 2 is 1.92 bits per heavy atom. The molecule has 0 radical (unpaired) electrons. The van der Waals surface area contributed by atoms with E-state index in [0.717, 1.165) is 11.0 Å². The van der Waals surface area contributed by atoms with Crippen molar-refractivity contribution >= 4 is 22.6 Å². The molecule has 0 bridgehead atoms. The Morgan fingerprint density at radius 1 is 1.31 bits per heavy atom. The highest BCUT2D eigenvalue weighted by Crippen LogP contribution is 2.11. The van der Waals surface area contributed by atoms with Crippen molar-refractivity contribution in [3.8, 4) is 0 Å². The standard InChI is InChI=1S/C9H9ClN2O/c1-11-7-4-2-3-5-8(7)12(6-10)9(11)13/h2-5H,6H2,1H3. The van der Waals surface area contributed by atoms with Gasteiger partial charge in [0.05, 0.1) is 11.0 Å². The fraction of sp³-hybridized carbons (Fsp3) is 0.222. The Bertz CT molecular complexity index is 498. The van der Waals surface area contributed by atoms with Gasteiger partial charge in [-0.3, -0.25) is 9.13 Å². The first kappa shape index (κ1) is 8.38. The SMILES string of the molecule is Cn1c(=O)n(CCl)c2ccccc21. The van der Waals surface area contributed by atoms with E-state index in [1.54, 1.807) is 11.6 Å². The molecule has 0 aliphatic carbocycles. The molecule has 2 aromatic rings. The van der Waals surface area contributed by atoms with Crippen molar-refractivity contribution in [1.29, 1.82) is 0 Å². The van der Waals surface area contributed by atoms with Gasteiger partial charge >= 0.3 is 5.69 Å². The molecule has 2 rings (SSSR count). The maximum absolute atomic E-state index is 11.6. The number of aryl methyl sites for hydroxylation is 1. The predicted octanol–water partition coefficient (Wildman–Crippen LogP) is 1.54. The Labute approximate surface area is 80.2 Å². The molecule has 1 heterocycles. The van der Waals surface area contributed by atoms with Gasteiger partial charge in [0.1, 0.15) is 6.00 Å². The van der Waals surface area contributed by atoms with Crippen LogP contribution in [0.2, 0.25) is 0 Å². The molecular formula is C9H9ClN2O. The van der Waals surface area contributed by atoms with E-state index in [4.69, 9.17) is 11.6 Å². The minimum Gasteiger partial charge on any atom is -0.295 e. The van der Waals surface area contributed by atoms with E-state index in [2.05, 4.69) is 0 Å². The highest BCUT2D eigenvalue weighted by atomic mass is 35.5. The van der Waals surface area contributed by atoms with Crippen molar-refractivity contribution in [2.75, 3.05) is 0 Å². The van der Waals surface area contributed by atoms with Crippen LogP contribution < -0.4 is 5.69 Å². The summed E-state index contributed by atoms with van der Waals surface area (Å²) in [4.78, 5) is 11.6. The van der Waals surface area contributed by atoms with Gasteiger partial charge in [0.2, 0.25) is 0 Å². The highest BCUT2D eigenvalue weighted by Gasteiger charge is 2.07. The van der Waals surface area contributed by atoms with Gasteiger partial charge in [0.15, 0.2) is 0 Å². The Balaban J connectivity index is 2.98. The second-order valence-corrected chi connectivity index (χ2v) is 3.12. The summed E-state index contributed by atoms with van der Waals surface area (Å²) < 4.78 is 3.13. The van der Waals surface area contributed by atoms with Crippen LogP contribution in [0.25, 0.3) is 11.0 Å². The van der Waals surface area contributed by atoms with E-state index in [-0.39, 0.29) is 11.7 Å². The summed E-state index contributed by atoms with van der Waals surface area (Å²) in [5.41, 5.74) is 1.72. The summed E-state index contributed by atoms with van der Waals surface area (Å²) in [5, 5.41) is 0. The van der Waals surface area contributed by atoms with Crippen LogP contribution in [0.3, 0.4) is 0 Å². The maximum atomic E-state index is 11.6. The molecule has 0 saturated carbocycles. The van der Waals surface area contributed by atoms with Crippen LogP contribution in [0.4, 0.5) is 0 Å². The number of imidazole rings is 1. The van der Waals surface area contributed by atoms with Crippen LogP contribution in [0, 0.1) is 0 Å². The topological polar surface area (TPSA) is 26.9 Å². The molecule has 0 N–H and O–H groups in total. The molecule has 0 spiro atoms. The van der Waals surface area contributed by atoms with E-state index in [0.29, 0.717) is 0 Å². The molecule has 0 unspecified atom stereocenters. The summed E-state index contributed by atoms with van der Waals surface area (Å²) in [6.45, 7) is 0. The molecule has 1 aromatic carbocycles. The lowest BCUT2D eigenvalue weighted by Gasteiger charge is -1.93. The molecule has 4 heteroatoms. The van der Waals surface area contributed by atoms with Gasteiger partial charge in [-0.15, -0.1) is 11.6 Å². The minimum absolute atomic E-state index is 0.0730. The number of hydrogen-bond donors (Lipinski definition) is 0. The molecule has 1 aromatic heterocycles.